The van der Waals surface area contributed by atoms with Crippen molar-refractivity contribution >= 4 is 10.0 Å². The molecule has 1 aromatic heterocycles. The van der Waals surface area contributed by atoms with Crippen LogP contribution in [0, 0.1) is 5.92 Å². The van der Waals surface area contributed by atoms with Gasteiger partial charge in [-0.05, 0) is 44.5 Å². The summed E-state index contributed by atoms with van der Waals surface area (Å²) < 4.78 is 35.8. The Labute approximate surface area is 113 Å². The van der Waals surface area contributed by atoms with Crippen molar-refractivity contribution in [1.82, 2.24) is 10.0 Å². The fourth-order valence-corrected chi connectivity index (χ4v) is 2.71. The summed E-state index contributed by atoms with van der Waals surface area (Å²) in [5.41, 5.74) is 0. The van der Waals surface area contributed by atoms with E-state index in [9.17, 15) is 8.42 Å². The van der Waals surface area contributed by atoms with Crippen molar-refractivity contribution in [2.24, 2.45) is 5.92 Å². The zero-order valence-electron chi connectivity index (χ0n) is 11.0. The van der Waals surface area contributed by atoms with E-state index in [2.05, 4.69) is 10.0 Å². The standard InChI is InChI=1S/C12H20N2O4S/c1-13-19(15,16)12-3-2-11(18-12)9-14-8-10-4-6-17-7-5-10/h2-3,10,13-14H,4-9H2,1H3. The van der Waals surface area contributed by atoms with Gasteiger partial charge in [0.05, 0.1) is 6.54 Å². The number of furan rings is 1. The van der Waals surface area contributed by atoms with E-state index in [0.717, 1.165) is 32.6 Å². The number of hydrogen-bond donors (Lipinski definition) is 2. The second-order valence-corrected chi connectivity index (χ2v) is 6.43. The largest absolute Gasteiger partial charge is 0.447 e. The fraction of sp³-hybridized carbons (Fsp3) is 0.667. The summed E-state index contributed by atoms with van der Waals surface area (Å²) in [6.07, 6.45) is 2.15. The zero-order chi connectivity index (χ0) is 13.7. The Bertz CT molecular complexity index is 492. The third kappa shape index (κ3) is 4.04. The molecule has 1 aliphatic heterocycles. The van der Waals surface area contributed by atoms with Gasteiger partial charge in [-0.15, -0.1) is 0 Å². The molecule has 0 bridgehead atoms. The molecule has 1 saturated heterocycles. The van der Waals surface area contributed by atoms with Crippen LogP contribution in [0.4, 0.5) is 0 Å². The van der Waals surface area contributed by atoms with Crippen LogP contribution in [0.3, 0.4) is 0 Å². The van der Waals surface area contributed by atoms with Crippen LogP contribution in [-0.4, -0.2) is 35.2 Å². The van der Waals surface area contributed by atoms with E-state index >= 15 is 0 Å². The summed E-state index contributed by atoms with van der Waals surface area (Å²) in [5.74, 6) is 1.25. The van der Waals surface area contributed by atoms with Gasteiger partial charge >= 0.3 is 0 Å². The van der Waals surface area contributed by atoms with E-state index in [1.54, 1.807) is 6.07 Å². The summed E-state index contributed by atoms with van der Waals surface area (Å²) >= 11 is 0. The van der Waals surface area contributed by atoms with Crippen molar-refractivity contribution in [1.29, 1.82) is 0 Å². The Balaban J connectivity index is 1.80. The van der Waals surface area contributed by atoms with Crippen LogP contribution in [0.25, 0.3) is 0 Å². The fourth-order valence-electron chi connectivity index (χ4n) is 2.05. The Kier molecular flexibility index (Phi) is 4.98. The lowest BCUT2D eigenvalue weighted by atomic mass is 10.0. The van der Waals surface area contributed by atoms with Gasteiger partial charge in [0.1, 0.15) is 5.76 Å². The molecule has 2 N–H and O–H groups in total. The van der Waals surface area contributed by atoms with E-state index < -0.39 is 10.0 Å². The second-order valence-electron chi connectivity index (χ2n) is 4.61. The highest BCUT2D eigenvalue weighted by Crippen LogP contribution is 2.15. The molecule has 1 fully saturated rings. The molecule has 108 valence electrons. The number of sulfonamides is 1. The normalized spacial score (nSPS) is 17.7. The first-order valence-corrected chi connectivity index (χ1v) is 7.91. The third-order valence-electron chi connectivity index (χ3n) is 3.24. The molecule has 0 radical (unpaired) electrons. The van der Waals surface area contributed by atoms with Crippen LogP contribution >= 0.6 is 0 Å². The molecule has 7 heteroatoms. The van der Waals surface area contributed by atoms with Crippen molar-refractivity contribution in [3.05, 3.63) is 17.9 Å². The van der Waals surface area contributed by atoms with Crippen molar-refractivity contribution in [3.8, 4) is 0 Å². The number of rotatable bonds is 6. The maximum atomic E-state index is 11.5. The van der Waals surface area contributed by atoms with E-state index in [1.165, 1.54) is 13.1 Å². The summed E-state index contributed by atoms with van der Waals surface area (Å²) in [5, 5.41) is 3.25. The highest BCUT2D eigenvalue weighted by molar-refractivity contribution is 7.89. The summed E-state index contributed by atoms with van der Waals surface area (Å²) in [6, 6.07) is 3.15. The first-order valence-electron chi connectivity index (χ1n) is 6.42. The van der Waals surface area contributed by atoms with Crippen LogP contribution in [-0.2, 0) is 21.3 Å². The minimum atomic E-state index is -3.48. The lowest BCUT2D eigenvalue weighted by molar-refractivity contribution is 0.0661. The van der Waals surface area contributed by atoms with Crippen LogP contribution < -0.4 is 10.0 Å². The van der Waals surface area contributed by atoms with E-state index in [0.29, 0.717) is 18.2 Å². The van der Waals surface area contributed by atoms with Gasteiger partial charge < -0.3 is 14.5 Å². The SMILES string of the molecule is CNS(=O)(=O)c1ccc(CNCC2CCOCC2)o1. The Morgan fingerprint density at radius 3 is 2.74 bits per heavy atom. The molecule has 1 aromatic rings. The molecule has 0 atom stereocenters. The lowest BCUT2D eigenvalue weighted by Crippen LogP contribution is -2.27. The lowest BCUT2D eigenvalue weighted by Gasteiger charge is -2.21. The number of hydrogen-bond acceptors (Lipinski definition) is 5. The average Bonchev–Trinajstić information content (AvgIpc) is 2.90. The van der Waals surface area contributed by atoms with Gasteiger partial charge in [-0.25, -0.2) is 13.1 Å². The molecular weight excluding hydrogens is 268 g/mol. The molecule has 2 rings (SSSR count). The highest BCUT2D eigenvalue weighted by Gasteiger charge is 2.17. The van der Waals surface area contributed by atoms with Gasteiger partial charge in [0, 0.05) is 13.2 Å². The van der Waals surface area contributed by atoms with E-state index in [4.69, 9.17) is 9.15 Å². The molecule has 0 unspecified atom stereocenters. The molecule has 2 heterocycles. The minimum Gasteiger partial charge on any atom is -0.447 e. The number of nitrogens with one attached hydrogen (secondary N) is 2. The van der Waals surface area contributed by atoms with Crippen LogP contribution in [0.15, 0.2) is 21.6 Å². The predicted molar refractivity (Wildman–Crippen MR) is 70.2 cm³/mol. The molecule has 19 heavy (non-hydrogen) atoms. The number of ether oxygens (including phenoxy) is 1. The van der Waals surface area contributed by atoms with Gasteiger partial charge in [0.25, 0.3) is 10.0 Å². The minimum absolute atomic E-state index is 0.0436. The Morgan fingerprint density at radius 1 is 1.32 bits per heavy atom. The molecule has 0 aromatic carbocycles. The second kappa shape index (κ2) is 6.51. The molecule has 0 spiro atoms. The van der Waals surface area contributed by atoms with Gasteiger partial charge in [0.15, 0.2) is 0 Å². The maximum Gasteiger partial charge on any atom is 0.273 e. The van der Waals surface area contributed by atoms with Gasteiger partial charge in [-0.1, -0.05) is 0 Å². The summed E-state index contributed by atoms with van der Waals surface area (Å²) in [7, 11) is -2.12. The third-order valence-corrected chi connectivity index (χ3v) is 4.53. The average molecular weight is 288 g/mol. The Hall–Kier alpha value is -0.890. The van der Waals surface area contributed by atoms with E-state index in [-0.39, 0.29) is 5.09 Å². The highest BCUT2D eigenvalue weighted by atomic mass is 32.2. The van der Waals surface area contributed by atoms with Crippen molar-refractivity contribution < 1.29 is 17.6 Å². The first-order chi connectivity index (χ1) is 9.12. The smallest absolute Gasteiger partial charge is 0.273 e. The zero-order valence-corrected chi connectivity index (χ0v) is 11.8. The maximum absolute atomic E-state index is 11.5. The molecule has 6 nitrogen and oxygen atoms in total. The van der Waals surface area contributed by atoms with Gasteiger partial charge in [0.2, 0.25) is 5.09 Å². The van der Waals surface area contributed by atoms with Gasteiger partial charge in [-0.2, -0.15) is 0 Å². The summed E-state index contributed by atoms with van der Waals surface area (Å²) in [4.78, 5) is 0. The van der Waals surface area contributed by atoms with Gasteiger partial charge in [-0.3, -0.25) is 0 Å². The summed E-state index contributed by atoms with van der Waals surface area (Å²) in [6.45, 7) is 3.10. The van der Waals surface area contributed by atoms with E-state index in [1.807, 2.05) is 0 Å². The monoisotopic (exact) mass is 288 g/mol. The Morgan fingerprint density at radius 2 is 2.05 bits per heavy atom. The van der Waals surface area contributed by atoms with Crippen molar-refractivity contribution in [2.75, 3.05) is 26.8 Å². The molecule has 1 aliphatic rings. The van der Waals surface area contributed by atoms with Crippen LogP contribution in [0.1, 0.15) is 18.6 Å². The van der Waals surface area contributed by atoms with Crippen LogP contribution in [0.2, 0.25) is 0 Å². The molecular formula is C12H20N2O4S. The molecule has 0 saturated carbocycles. The van der Waals surface area contributed by atoms with Crippen LogP contribution in [0.5, 0.6) is 0 Å². The van der Waals surface area contributed by atoms with Crippen molar-refractivity contribution in [3.63, 3.8) is 0 Å². The molecule has 0 aliphatic carbocycles. The topological polar surface area (TPSA) is 80.6 Å². The quantitative estimate of drug-likeness (QED) is 0.805. The first kappa shape index (κ1) is 14.5. The van der Waals surface area contributed by atoms with Crippen molar-refractivity contribution in [2.45, 2.75) is 24.5 Å². The predicted octanol–water partition coefficient (Wildman–Crippen LogP) is 0.704. The molecule has 0 amide bonds.